The van der Waals surface area contributed by atoms with Gasteiger partial charge in [0.2, 0.25) is 0 Å². The maximum absolute atomic E-state index is 12.7. The molecule has 0 aliphatic rings. The Morgan fingerprint density at radius 2 is 1.93 bits per heavy atom. The molecule has 2 heterocycles. The van der Waals surface area contributed by atoms with Crippen molar-refractivity contribution in [2.75, 3.05) is 37.4 Å². The van der Waals surface area contributed by atoms with Crippen LogP contribution < -0.4 is 10.2 Å². The van der Waals surface area contributed by atoms with Crippen LogP contribution in [0.15, 0.2) is 48.7 Å². The minimum absolute atomic E-state index is 0.0128. The Morgan fingerprint density at radius 3 is 2.68 bits per heavy atom. The van der Waals surface area contributed by atoms with Gasteiger partial charge >= 0.3 is 0 Å². The number of nitrogens with one attached hydrogen (secondary N) is 2. The summed E-state index contributed by atoms with van der Waals surface area (Å²) >= 11 is 0. The molecule has 3 rings (SSSR count). The van der Waals surface area contributed by atoms with Gasteiger partial charge in [-0.15, -0.1) is 0 Å². The molecule has 28 heavy (non-hydrogen) atoms. The number of H-pyrrole nitrogens is 1. The van der Waals surface area contributed by atoms with Crippen LogP contribution in [-0.4, -0.2) is 54.0 Å². The maximum Gasteiger partial charge on any atom is 0.270 e. The van der Waals surface area contributed by atoms with Crippen LogP contribution in [0.25, 0.3) is 10.9 Å². The fraction of sp³-hybridized carbons (Fsp3) is 0.364. The van der Waals surface area contributed by atoms with E-state index >= 15 is 0 Å². The Morgan fingerprint density at radius 1 is 1.14 bits per heavy atom. The summed E-state index contributed by atoms with van der Waals surface area (Å²) in [5, 5.41) is 4.49. The fourth-order valence-electron chi connectivity index (χ4n) is 3.27. The van der Waals surface area contributed by atoms with Crippen molar-refractivity contribution in [1.82, 2.24) is 14.9 Å². The average Bonchev–Trinajstić information content (AvgIpc) is 3.11. The molecule has 148 valence electrons. The summed E-state index contributed by atoms with van der Waals surface area (Å²) in [5.41, 5.74) is 2.65. The van der Waals surface area contributed by atoms with Gasteiger partial charge in [0, 0.05) is 50.3 Å². The monoisotopic (exact) mass is 379 g/mol. The highest BCUT2D eigenvalue weighted by molar-refractivity contribution is 5.97. The summed E-state index contributed by atoms with van der Waals surface area (Å²) in [6, 6.07) is 14.2. The van der Waals surface area contributed by atoms with Crippen LogP contribution in [0.5, 0.6) is 0 Å². The van der Waals surface area contributed by atoms with Gasteiger partial charge < -0.3 is 20.1 Å². The molecule has 0 radical (unpaired) electrons. The summed E-state index contributed by atoms with van der Waals surface area (Å²) in [6.45, 7) is 5.72. The molecule has 0 spiro atoms. The second-order valence-corrected chi connectivity index (χ2v) is 7.45. The number of hydrogen-bond donors (Lipinski definition) is 2. The molecule has 0 atom stereocenters. The van der Waals surface area contributed by atoms with Gasteiger partial charge in [0.15, 0.2) is 5.82 Å². The van der Waals surface area contributed by atoms with E-state index in [0.29, 0.717) is 18.3 Å². The average molecular weight is 380 g/mol. The Hall–Kier alpha value is -3.02. The van der Waals surface area contributed by atoms with E-state index < -0.39 is 0 Å². The van der Waals surface area contributed by atoms with E-state index in [1.807, 2.05) is 62.8 Å². The van der Waals surface area contributed by atoms with Gasteiger partial charge in [-0.05, 0) is 44.5 Å². The smallest absolute Gasteiger partial charge is 0.270 e. The maximum atomic E-state index is 12.7. The molecule has 0 saturated heterocycles. The molecule has 0 aliphatic carbocycles. The quantitative estimate of drug-likeness (QED) is 0.621. The second-order valence-electron chi connectivity index (χ2n) is 7.45. The van der Waals surface area contributed by atoms with Crippen molar-refractivity contribution < 1.29 is 4.79 Å². The predicted octanol–water partition coefficient (Wildman–Crippen LogP) is 3.98. The van der Waals surface area contributed by atoms with Crippen molar-refractivity contribution in [2.24, 2.45) is 0 Å². The minimum atomic E-state index is 0.0128. The van der Waals surface area contributed by atoms with Gasteiger partial charge in [-0.25, -0.2) is 4.98 Å². The number of carbonyl (C=O) groups excluding carboxylic acids is 1. The molecule has 0 aliphatic heterocycles. The van der Waals surface area contributed by atoms with Crippen LogP contribution in [0.2, 0.25) is 0 Å². The topological polar surface area (TPSA) is 64.3 Å². The number of aromatic amines is 1. The van der Waals surface area contributed by atoms with E-state index in [1.165, 1.54) is 0 Å². The molecule has 0 bridgehead atoms. The van der Waals surface area contributed by atoms with E-state index in [4.69, 9.17) is 0 Å². The number of amides is 1. The van der Waals surface area contributed by atoms with Gasteiger partial charge in [-0.2, -0.15) is 0 Å². The van der Waals surface area contributed by atoms with Crippen LogP contribution in [0, 0.1) is 0 Å². The molecule has 2 aromatic heterocycles. The Balaban J connectivity index is 1.56. The number of pyridine rings is 1. The molecular formula is C22H29N5O. The SMILES string of the molecule is CC(C)Nc1cccnc1N(C)CCCN(C)C(=O)c1cc2ccccc2[nH]1. The Labute approximate surface area is 166 Å². The molecular weight excluding hydrogens is 350 g/mol. The summed E-state index contributed by atoms with van der Waals surface area (Å²) in [6.07, 6.45) is 2.67. The predicted molar refractivity (Wildman–Crippen MR) is 116 cm³/mol. The molecule has 1 amide bonds. The molecule has 0 fully saturated rings. The first-order valence-electron chi connectivity index (χ1n) is 9.71. The van der Waals surface area contributed by atoms with Crippen molar-refractivity contribution in [3.8, 4) is 0 Å². The molecule has 0 unspecified atom stereocenters. The Bertz CT molecular complexity index is 900. The molecule has 1 aromatic carbocycles. The summed E-state index contributed by atoms with van der Waals surface area (Å²) < 4.78 is 0. The lowest BCUT2D eigenvalue weighted by atomic mass is 10.2. The van der Waals surface area contributed by atoms with E-state index in [1.54, 1.807) is 4.90 Å². The fourth-order valence-corrected chi connectivity index (χ4v) is 3.27. The number of nitrogens with zero attached hydrogens (tertiary/aromatic N) is 3. The van der Waals surface area contributed by atoms with Crippen molar-refractivity contribution in [2.45, 2.75) is 26.3 Å². The number of carbonyl (C=O) groups is 1. The normalized spacial score (nSPS) is 11.0. The second kappa shape index (κ2) is 8.78. The summed E-state index contributed by atoms with van der Waals surface area (Å²) in [4.78, 5) is 24.3. The lowest BCUT2D eigenvalue weighted by Gasteiger charge is -2.24. The number of aromatic nitrogens is 2. The van der Waals surface area contributed by atoms with E-state index in [-0.39, 0.29) is 5.91 Å². The van der Waals surface area contributed by atoms with Crippen LogP contribution in [0.4, 0.5) is 11.5 Å². The molecule has 3 aromatic rings. The molecule has 6 nitrogen and oxygen atoms in total. The van der Waals surface area contributed by atoms with E-state index in [2.05, 4.69) is 34.0 Å². The van der Waals surface area contributed by atoms with Crippen molar-refractivity contribution >= 4 is 28.3 Å². The van der Waals surface area contributed by atoms with E-state index in [9.17, 15) is 4.79 Å². The lowest BCUT2D eigenvalue weighted by molar-refractivity contribution is 0.0789. The standard InChI is InChI=1S/C22H29N5O/c1-16(2)24-19-11-7-12-23-21(19)26(3)13-8-14-27(4)22(28)20-15-17-9-5-6-10-18(17)25-20/h5-7,9-12,15-16,24-25H,8,13-14H2,1-4H3. The largest absolute Gasteiger partial charge is 0.380 e. The Kier molecular flexibility index (Phi) is 6.19. The van der Waals surface area contributed by atoms with Gasteiger partial charge in [-0.3, -0.25) is 4.79 Å². The van der Waals surface area contributed by atoms with Gasteiger partial charge in [0.1, 0.15) is 5.69 Å². The number of fused-ring (bicyclic) bond motifs is 1. The number of hydrogen-bond acceptors (Lipinski definition) is 4. The first-order chi connectivity index (χ1) is 13.5. The van der Waals surface area contributed by atoms with Crippen LogP contribution in [0.1, 0.15) is 30.8 Å². The van der Waals surface area contributed by atoms with Crippen LogP contribution in [-0.2, 0) is 0 Å². The number of benzene rings is 1. The molecule has 0 saturated carbocycles. The summed E-state index contributed by atoms with van der Waals surface area (Å²) in [7, 11) is 3.88. The highest BCUT2D eigenvalue weighted by Gasteiger charge is 2.15. The van der Waals surface area contributed by atoms with Crippen molar-refractivity contribution in [3.63, 3.8) is 0 Å². The third-order valence-corrected chi connectivity index (χ3v) is 4.69. The number of anilines is 2. The highest BCUT2D eigenvalue weighted by atomic mass is 16.2. The lowest BCUT2D eigenvalue weighted by Crippen LogP contribution is -2.31. The van der Waals surface area contributed by atoms with Crippen molar-refractivity contribution in [1.29, 1.82) is 0 Å². The van der Waals surface area contributed by atoms with Gasteiger partial charge in [0.25, 0.3) is 5.91 Å². The minimum Gasteiger partial charge on any atom is -0.380 e. The van der Waals surface area contributed by atoms with Crippen LogP contribution >= 0.6 is 0 Å². The zero-order valence-electron chi connectivity index (χ0n) is 17.1. The number of para-hydroxylation sites is 1. The van der Waals surface area contributed by atoms with Gasteiger partial charge in [-0.1, -0.05) is 18.2 Å². The van der Waals surface area contributed by atoms with Crippen molar-refractivity contribution in [3.05, 3.63) is 54.4 Å². The highest BCUT2D eigenvalue weighted by Crippen LogP contribution is 2.22. The third-order valence-electron chi connectivity index (χ3n) is 4.69. The molecule has 6 heteroatoms. The van der Waals surface area contributed by atoms with Crippen LogP contribution in [0.3, 0.4) is 0 Å². The number of rotatable bonds is 8. The zero-order chi connectivity index (χ0) is 20.1. The third kappa shape index (κ3) is 4.63. The molecule has 2 N–H and O–H groups in total. The first kappa shape index (κ1) is 19.7. The first-order valence-corrected chi connectivity index (χ1v) is 9.71. The van der Waals surface area contributed by atoms with E-state index in [0.717, 1.165) is 35.4 Å². The summed E-state index contributed by atoms with van der Waals surface area (Å²) in [5.74, 6) is 0.944. The van der Waals surface area contributed by atoms with Gasteiger partial charge in [0.05, 0.1) is 5.69 Å². The zero-order valence-corrected chi connectivity index (χ0v) is 17.1.